The van der Waals surface area contributed by atoms with Gasteiger partial charge in [-0.1, -0.05) is 34.8 Å². The fourth-order valence-corrected chi connectivity index (χ4v) is 4.64. The van der Waals surface area contributed by atoms with E-state index >= 15 is 0 Å². The van der Waals surface area contributed by atoms with Crippen LogP contribution in [0.25, 0.3) is 0 Å². The summed E-state index contributed by atoms with van der Waals surface area (Å²) in [6, 6.07) is 6.28. The number of nitrogens with zero attached hydrogens (tertiary/aromatic N) is 2. The van der Waals surface area contributed by atoms with Gasteiger partial charge in [0.15, 0.2) is 0 Å². The van der Waals surface area contributed by atoms with Gasteiger partial charge in [-0.15, -0.1) is 22.9 Å². The van der Waals surface area contributed by atoms with Gasteiger partial charge in [0.05, 0.1) is 27.0 Å². The molecule has 0 unspecified atom stereocenters. The number of alkyl halides is 1. The standard InChI is InChI=1S/C20H16Cl4N4O2S/c1-28(2)14-6-12(23)5-13(19(29)26-15-4-3-11(22)8-25-15)17(14)27-20(30)18-16(24)10(7-21)9-31-18/h3-6,8-9H,7H2,1-2H3,(H,27,30)(H,25,26,29). The molecule has 3 rings (SSSR count). The van der Waals surface area contributed by atoms with Crippen molar-refractivity contribution in [3.63, 3.8) is 0 Å². The summed E-state index contributed by atoms with van der Waals surface area (Å²) >= 11 is 25.4. The summed E-state index contributed by atoms with van der Waals surface area (Å²) in [6.45, 7) is 0. The lowest BCUT2D eigenvalue weighted by molar-refractivity contribution is 0.102. The molecule has 0 fully saturated rings. The zero-order valence-corrected chi connectivity index (χ0v) is 20.1. The van der Waals surface area contributed by atoms with Gasteiger partial charge < -0.3 is 15.5 Å². The average molecular weight is 518 g/mol. The minimum atomic E-state index is -0.505. The summed E-state index contributed by atoms with van der Waals surface area (Å²) < 4.78 is 0. The molecule has 1 aromatic carbocycles. The number of amides is 2. The highest BCUT2D eigenvalue weighted by Gasteiger charge is 2.23. The van der Waals surface area contributed by atoms with E-state index < -0.39 is 11.8 Å². The van der Waals surface area contributed by atoms with Gasteiger partial charge in [-0.2, -0.15) is 0 Å². The second-order valence-corrected chi connectivity index (χ2v) is 8.95. The van der Waals surface area contributed by atoms with Crippen molar-refractivity contribution in [2.75, 3.05) is 29.6 Å². The largest absolute Gasteiger partial charge is 0.376 e. The molecule has 0 spiro atoms. The molecular formula is C20H16Cl4N4O2S. The molecule has 2 N–H and O–H groups in total. The molecule has 2 heterocycles. The van der Waals surface area contributed by atoms with E-state index in [1.54, 1.807) is 42.6 Å². The second kappa shape index (κ2) is 10.1. The van der Waals surface area contributed by atoms with Crippen LogP contribution in [0, 0.1) is 0 Å². The van der Waals surface area contributed by atoms with E-state index in [1.165, 1.54) is 23.6 Å². The van der Waals surface area contributed by atoms with E-state index in [0.29, 0.717) is 32.0 Å². The lowest BCUT2D eigenvalue weighted by Crippen LogP contribution is -2.22. The van der Waals surface area contributed by atoms with Gasteiger partial charge in [-0.3, -0.25) is 9.59 Å². The minimum absolute atomic E-state index is 0.159. The first-order valence-corrected chi connectivity index (χ1v) is 11.3. The predicted molar refractivity (Wildman–Crippen MR) is 130 cm³/mol. The Morgan fingerprint density at radius 3 is 2.39 bits per heavy atom. The fourth-order valence-electron chi connectivity index (χ4n) is 2.68. The van der Waals surface area contributed by atoms with E-state index in [1.807, 2.05) is 0 Å². The minimum Gasteiger partial charge on any atom is -0.376 e. The van der Waals surface area contributed by atoms with Crippen LogP contribution >= 0.6 is 57.7 Å². The Morgan fingerprint density at radius 1 is 1.06 bits per heavy atom. The molecule has 6 nitrogen and oxygen atoms in total. The number of nitrogens with one attached hydrogen (secondary N) is 2. The molecule has 0 atom stereocenters. The molecule has 31 heavy (non-hydrogen) atoms. The Bertz CT molecular complexity index is 1130. The van der Waals surface area contributed by atoms with Crippen molar-refractivity contribution >= 4 is 86.7 Å². The number of aromatic nitrogens is 1. The summed E-state index contributed by atoms with van der Waals surface area (Å²) in [5.41, 5.74) is 1.64. The molecule has 2 amide bonds. The van der Waals surface area contributed by atoms with Gasteiger partial charge in [0, 0.05) is 31.2 Å². The molecular weight excluding hydrogens is 502 g/mol. The SMILES string of the molecule is CN(C)c1cc(Cl)cc(C(=O)Nc2ccc(Cl)cn2)c1NC(=O)c1scc(CCl)c1Cl. The first kappa shape index (κ1) is 23.6. The van der Waals surface area contributed by atoms with Crippen LogP contribution in [0.15, 0.2) is 35.8 Å². The summed E-state index contributed by atoms with van der Waals surface area (Å²) in [5.74, 6) is -0.482. The van der Waals surface area contributed by atoms with Crippen LogP contribution in [0.2, 0.25) is 15.1 Å². The zero-order valence-electron chi connectivity index (χ0n) is 16.3. The number of hydrogen-bond donors (Lipinski definition) is 2. The number of carbonyl (C=O) groups is 2. The van der Waals surface area contributed by atoms with Gasteiger partial charge in [0.1, 0.15) is 10.7 Å². The molecule has 0 aliphatic rings. The molecule has 11 heteroatoms. The Labute approximate surface area is 203 Å². The lowest BCUT2D eigenvalue weighted by Gasteiger charge is -2.21. The molecule has 0 radical (unpaired) electrons. The zero-order chi connectivity index (χ0) is 22.7. The number of carbonyl (C=O) groups excluding carboxylic acids is 2. The van der Waals surface area contributed by atoms with Crippen LogP contribution in [-0.2, 0) is 5.88 Å². The van der Waals surface area contributed by atoms with Crippen molar-refractivity contribution in [2.45, 2.75) is 5.88 Å². The summed E-state index contributed by atoms with van der Waals surface area (Å²) in [6.07, 6.45) is 1.41. The molecule has 0 aliphatic heterocycles. The Balaban J connectivity index is 2.00. The van der Waals surface area contributed by atoms with Gasteiger partial charge in [-0.05, 0) is 35.2 Å². The van der Waals surface area contributed by atoms with Crippen LogP contribution in [0.4, 0.5) is 17.2 Å². The van der Waals surface area contributed by atoms with E-state index in [0.717, 1.165) is 0 Å². The maximum atomic E-state index is 13.0. The lowest BCUT2D eigenvalue weighted by atomic mass is 10.1. The van der Waals surface area contributed by atoms with Crippen molar-refractivity contribution in [1.82, 2.24) is 4.98 Å². The number of hydrogen-bond acceptors (Lipinski definition) is 5. The van der Waals surface area contributed by atoms with Gasteiger partial charge >= 0.3 is 0 Å². The molecule has 0 bridgehead atoms. The van der Waals surface area contributed by atoms with Crippen LogP contribution in [0.5, 0.6) is 0 Å². The number of thiophene rings is 1. The first-order valence-electron chi connectivity index (χ1n) is 8.78. The fraction of sp³-hybridized carbons (Fsp3) is 0.150. The molecule has 162 valence electrons. The van der Waals surface area contributed by atoms with Crippen molar-refractivity contribution < 1.29 is 9.59 Å². The third kappa shape index (κ3) is 5.42. The third-order valence-corrected chi connectivity index (χ3v) is 6.47. The molecule has 0 saturated heterocycles. The van der Waals surface area contributed by atoms with Crippen LogP contribution < -0.4 is 15.5 Å². The van der Waals surface area contributed by atoms with Crippen LogP contribution in [0.1, 0.15) is 25.6 Å². The van der Waals surface area contributed by atoms with E-state index in [9.17, 15) is 9.59 Å². The summed E-state index contributed by atoms with van der Waals surface area (Å²) in [7, 11) is 3.54. The topological polar surface area (TPSA) is 74.3 Å². The van der Waals surface area contributed by atoms with Gasteiger partial charge in [-0.25, -0.2) is 4.98 Å². The highest BCUT2D eigenvalue weighted by Crippen LogP contribution is 2.35. The number of pyridine rings is 1. The Kier molecular flexibility index (Phi) is 7.67. The third-order valence-electron chi connectivity index (χ3n) is 4.17. The second-order valence-electron chi connectivity index (χ2n) is 6.55. The predicted octanol–water partition coefficient (Wildman–Crippen LogP) is 6.41. The number of rotatable bonds is 6. The number of benzene rings is 1. The highest BCUT2D eigenvalue weighted by molar-refractivity contribution is 7.13. The van der Waals surface area contributed by atoms with Crippen molar-refractivity contribution in [3.8, 4) is 0 Å². The Hall–Kier alpha value is -2.03. The van der Waals surface area contributed by atoms with E-state index in [-0.39, 0.29) is 22.2 Å². The molecule has 2 aromatic heterocycles. The van der Waals surface area contributed by atoms with Gasteiger partial charge in [0.2, 0.25) is 0 Å². The van der Waals surface area contributed by atoms with E-state index in [2.05, 4.69) is 15.6 Å². The van der Waals surface area contributed by atoms with Crippen molar-refractivity contribution in [1.29, 1.82) is 0 Å². The van der Waals surface area contributed by atoms with Crippen LogP contribution in [0.3, 0.4) is 0 Å². The molecule has 0 saturated carbocycles. The highest BCUT2D eigenvalue weighted by atomic mass is 35.5. The maximum absolute atomic E-state index is 13.0. The van der Waals surface area contributed by atoms with E-state index in [4.69, 9.17) is 46.4 Å². The first-order chi connectivity index (χ1) is 14.7. The van der Waals surface area contributed by atoms with Crippen LogP contribution in [-0.4, -0.2) is 30.9 Å². The smallest absolute Gasteiger partial charge is 0.267 e. The Morgan fingerprint density at radius 2 is 1.81 bits per heavy atom. The van der Waals surface area contributed by atoms with Gasteiger partial charge in [0.25, 0.3) is 11.8 Å². The number of anilines is 3. The normalized spacial score (nSPS) is 10.6. The van der Waals surface area contributed by atoms with Crippen molar-refractivity contribution in [3.05, 3.63) is 66.9 Å². The summed E-state index contributed by atoms with van der Waals surface area (Å²) in [4.78, 5) is 32.1. The summed E-state index contributed by atoms with van der Waals surface area (Å²) in [5, 5.41) is 8.25. The maximum Gasteiger partial charge on any atom is 0.267 e. The van der Waals surface area contributed by atoms with Crippen molar-refractivity contribution in [2.24, 2.45) is 0 Å². The average Bonchev–Trinajstić information content (AvgIpc) is 3.10. The quantitative estimate of drug-likeness (QED) is 0.370. The molecule has 0 aliphatic carbocycles. The molecule has 3 aromatic rings. The monoisotopic (exact) mass is 516 g/mol. The number of halogens is 4.